The molecule has 0 aliphatic heterocycles. The molecule has 0 saturated carbocycles. The zero-order chi connectivity index (χ0) is 17.0. The van der Waals surface area contributed by atoms with E-state index < -0.39 is 0 Å². The topological polar surface area (TPSA) is 61.4 Å². The van der Waals surface area contributed by atoms with Gasteiger partial charge in [-0.3, -0.25) is 10.1 Å². The number of aromatic hydroxyl groups is 1. The van der Waals surface area contributed by atoms with E-state index in [0.717, 1.165) is 0 Å². The molecule has 4 nitrogen and oxygen atoms in total. The molecule has 0 aromatic heterocycles. The number of hydrogen-bond acceptors (Lipinski definition) is 3. The fraction of sp³-hybridized carbons (Fsp3) is 0.222. The molecule has 0 aliphatic carbocycles. The Kier molecular flexibility index (Phi) is 5.01. The Morgan fingerprint density at radius 3 is 2.09 bits per heavy atom. The summed E-state index contributed by atoms with van der Waals surface area (Å²) >= 11 is 5.12. The van der Waals surface area contributed by atoms with Gasteiger partial charge in [-0.15, -0.1) is 0 Å². The molecule has 0 unspecified atom stereocenters. The van der Waals surface area contributed by atoms with Crippen molar-refractivity contribution >= 4 is 28.9 Å². The van der Waals surface area contributed by atoms with E-state index in [1.54, 1.807) is 24.3 Å². The zero-order valence-corrected chi connectivity index (χ0v) is 14.2. The summed E-state index contributed by atoms with van der Waals surface area (Å²) in [6.45, 7) is 6.37. The molecule has 0 fully saturated rings. The third kappa shape index (κ3) is 4.79. The van der Waals surface area contributed by atoms with Crippen LogP contribution in [0.3, 0.4) is 0 Å². The summed E-state index contributed by atoms with van der Waals surface area (Å²) in [4.78, 5) is 12.2. The lowest BCUT2D eigenvalue weighted by molar-refractivity contribution is 0.0977. The normalized spacial score (nSPS) is 10.9. The highest BCUT2D eigenvalue weighted by atomic mass is 32.1. The highest BCUT2D eigenvalue weighted by Crippen LogP contribution is 2.22. The number of benzene rings is 2. The van der Waals surface area contributed by atoms with Crippen molar-refractivity contribution < 1.29 is 9.90 Å². The molecule has 5 heteroatoms. The van der Waals surface area contributed by atoms with E-state index >= 15 is 0 Å². The molecule has 0 radical (unpaired) electrons. The first-order valence-corrected chi connectivity index (χ1v) is 7.68. The molecule has 2 aromatic rings. The predicted octanol–water partition coefficient (Wildman–Crippen LogP) is 3.82. The smallest absolute Gasteiger partial charge is 0.257 e. The van der Waals surface area contributed by atoms with Crippen LogP contribution in [0.1, 0.15) is 36.7 Å². The number of phenols is 1. The van der Waals surface area contributed by atoms with Crippen LogP contribution in [0.25, 0.3) is 0 Å². The first kappa shape index (κ1) is 17.0. The van der Waals surface area contributed by atoms with Crippen LogP contribution in [-0.2, 0) is 5.41 Å². The lowest BCUT2D eigenvalue weighted by Crippen LogP contribution is -2.34. The molecule has 0 saturated heterocycles. The monoisotopic (exact) mass is 328 g/mol. The molecule has 0 aliphatic rings. The van der Waals surface area contributed by atoms with Gasteiger partial charge in [-0.1, -0.05) is 32.9 Å². The van der Waals surface area contributed by atoms with Crippen LogP contribution in [0.5, 0.6) is 5.75 Å². The second-order valence-corrected chi connectivity index (χ2v) is 6.69. The highest BCUT2D eigenvalue weighted by Gasteiger charge is 2.14. The number of phenolic OH excluding ortho intramolecular Hbond substituents is 1. The summed E-state index contributed by atoms with van der Waals surface area (Å²) in [6.07, 6.45) is 0. The van der Waals surface area contributed by atoms with Gasteiger partial charge >= 0.3 is 0 Å². The quantitative estimate of drug-likeness (QED) is 0.579. The minimum atomic E-state index is -0.262. The average Bonchev–Trinajstić information content (AvgIpc) is 2.49. The standard InChI is InChI=1S/C18H20N2O2S/c1-18(2,3)13-6-4-12(5-7-13)16(22)20-17(23)19-14-8-10-15(21)11-9-14/h4-11,21H,1-3H3,(H2,19,20,22,23). The number of carbonyl (C=O) groups excluding carboxylic acids is 1. The zero-order valence-electron chi connectivity index (χ0n) is 13.4. The van der Waals surface area contributed by atoms with Crippen molar-refractivity contribution in [3.05, 3.63) is 59.7 Å². The van der Waals surface area contributed by atoms with E-state index in [0.29, 0.717) is 11.3 Å². The van der Waals surface area contributed by atoms with Crippen LogP contribution >= 0.6 is 12.2 Å². The summed E-state index contributed by atoms with van der Waals surface area (Å²) in [7, 11) is 0. The van der Waals surface area contributed by atoms with E-state index in [4.69, 9.17) is 12.2 Å². The van der Waals surface area contributed by atoms with Crippen LogP contribution in [0.2, 0.25) is 0 Å². The first-order chi connectivity index (χ1) is 10.8. The fourth-order valence-corrected chi connectivity index (χ4v) is 2.21. The molecular formula is C18H20N2O2S. The number of anilines is 1. The second kappa shape index (κ2) is 6.79. The number of hydrogen-bond donors (Lipinski definition) is 3. The maximum Gasteiger partial charge on any atom is 0.257 e. The lowest BCUT2D eigenvalue weighted by Gasteiger charge is -2.19. The molecule has 0 atom stereocenters. The minimum Gasteiger partial charge on any atom is -0.508 e. The molecule has 0 bridgehead atoms. The Morgan fingerprint density at radius 2 is 1.57 bits per heavy atom. The SMILES string of the molecule is CC(C)(C)c1ccc(C(=O)NC(=S)Nc2ccc(O)cc2)cc1. The average molecular weight is 328 g/mol. The van der Waals surface area contributed by atoms with Crippen molar-refractivity contribution in [2.75, 3.05) is 5.32 Å². The van der Waals surface area contributed by atoms with Gasteiger partial charge in [0.25, 0.3) is 5.91 Å². The Bertz CT molecular complexity index is 701. The number of amides is 1. The summed E-state index contributed by atoms with van der Waals surface area (Å²) in [5.74, 6) is -0.0915. The fourth-order valence-electron chi connectivity index (χ4n) is 2.00. The summed E-state index contributed by atoms with van der Waals surface area (Å²) in [6, 6.07) is 13.9. The molecule has 3 N–H and O–H groups in total. The van der Waals surface area contributed by atoms with Crippen molar-refractivity contribution in [1.82, 2.24) is 5.32 Å². The lowest BCUT2D eigenvalue weighted by atomic mass is 9.87. The Morgan fingerprint density at radius 1 is 1.00 bits per heavy atom. The van der Waals surface area contributed by atoms with Crippen LogP contribution in [0, 0.1) is 0 Å². The first-order valence-electron chi connectivity index (χ1n) is 7.27. The highest BCUT2D eigenvalue weighted by molar-refractivity contribution is 7.80. The van der Waals surface area contributed by atoms with Crippen LogP contribution in [-0.4, -0.2) is 16.1 Å². The molecule has 0 heterocycles. The van der Waals surface area contributed by atoms with E-state index in [9.17, 15) is 9.90 Å². The van der Waals surface area contributed by atoms with Gasteiger partial charge in [0.1, 0.15) is 5.75 Å². The Balaban J connectivity index is 1.98. The largest absolute Gasteiger partial charge is 0.508 e. The van der Waals surface area contributed by atoms with Gasteiger partial charge in [0, 0.05) is 11.3 Å². The van der Waals surface area contributed by atoms with Crippen molar-refractivity contribution in [3.63, 3.8) is 0 Å². The van der Waals surface area contributed by atoms with Crippen LogP contribution < -0.4 is 10.6 Å². The number of thiocarbonyl (C=S) groups is 1. The van der Waals surface area contributed by atoms with E-state index in [2.05, 4.69) is 31.4 Å². The molecule has 120 valence electrons. The summed E-state index contributed by atoms with van der Waals surface area (Å²) in [5.41, 5.74) is 2.45. The van der Waals surface area contributed by atoms with Crippen LogP contribution in [0.15, 0.2) is 48.5 Å². The van der Waals surface area contributed by atoms with Crippen molar-refractivity contribution in [2.24, 2.45) is 0 Å². The number of rotatable bonds is 2. The Labute approximate surface area is 141 Å². The Hall–Kier alpha value is -2.40. The van der Waals surface area contributed by atoms with Gasteiger partial charge in [-0.05, 0) is 59.6 Å². The van der Waals surface area contributed by atoms with Crippen molar-refractivity contribution in [1.29, 1.82) is 0 Å². The van der Waals surface area contributed by atoms with Gasteiger partial charge in [0.05, 0.1) is 0 Å². The minimum absolute atomic E-state index is 0.0464. The van der Waals surface area contributed by atoms with Gasteiger partial charge in [0.2, 0.25) is 0 Å². The van der Waals surface area contributed by atoms with Gasteiger partial charge in [0.15, 0.2) is 5.11 Å². The van der Waals surface area contributed by atoms with Gasteiger partial charge < -0.3 is 10.4 Å². The van der Waals surface area contributed by atoms with Gasteiger partial charge in [-0.2, -0.15) is 0 Å². The number of nitrogens with one attached hydrogen (secondary N) is 2. The van der Waals surface area contributed by atoms with Crippen LogP contribution in [0.4, 0.5) is 5.69 Å². The summed E-state index contributed by atoms with van der Waals surface area (Å²) < 4.78 is 0. The van der Waals surface area contributed by atoms with Crippen molar-refractivity contribution in [3.8, 4) is 5.75 Å². The molecule has 1 amide bonds. The molecule has 2 aromatic carbocycles. The van der Waals surface area contributed by atoms with E-state index in [-0.39, 0.29) is 22.2 Å². The maximum absolute atomic E-state index is 12.2. The van der Waals surface area contributed by atoms with E-state index in [1.807, 2.05) is 12.1 Å². The molecular weight excluding hydrogens is 308 g/mol. The second-order valence-electron chi connectivity index (χ2n) is 6.28. The van der Waals surface area contributed by atoms with E-state index in [1.165, 1.54) is 17.7 Å². The molecule has 0 spiro atoms. The molecule has 2 rings (SSSR count). The maximum atomic E-state index is 12.2. The molecule has 23 heavy (non-hydrogen) atoms. The third-order valence-corrected chi connectivity index (χ3v) is 3.57. The predicted molar refractivity (Wildman–Crippen MR) is 96.9 cm³/mol. The van der Waals surface area contributed by atoms with Gasteiger partial charge in [-0.25, -0.2) is 0 Å². The van der Waals surface area contributed by atoms with Crippen molar-refractivity contribution in [2.45, 2.75) is 26.2 Å². The third-order valence-electron chi connectivity index (χ3n) is 3.37. The number of carbonyl (C=O) groups is 1. The summed E-state index contributed by atoms with van der Waals surface area (Å²) in [5, 5.41) is 15.0.